The quantitative estimate of drug-likeness (QED) is 0.637. The highest BCUT2D eigenvalue weighted by atomic mass is 16.5. The number of aromatic nitrogens is 2. The first-order chi connectivity index (χ1) is 6.72. The molecule has 72 valence electrons. The molecule has 4 nitrogen and oxygen atoms in total. The molecule has 0 saturated heterocycles. The Balaban J connectivity index is 2.67. The van der Waals surface area contributed by atoms with Crippen molar-refractivity contribution in [1.82, 2.24) is 9.78 Å². The average molecular weight is 190 g/mol. The maximum atomic E-state index is 11.3. The van der Waals surface area contributed by atoms with Gasteiger partial charge < -0.3 is 4.74 Å². The van der Waals surface area contributed by atoms with Gasteiger partial charge in [-0.05, 0) is 18.6 Å². The number of carbonyl (C=O) groups is 1. The van der Waals surface area contributed by atoms with Crippen molar-refractivity contribution in [3.05, 3.63) is 30.0 Å². The van der Waals surface area contributed by atoms with Crippen LogP contribution in [-0.4, -0.2) is 23.0 Å². The molecule has 1 aromatic heterocycles. The van der Waals surface area contributed by atoms with Crippen molar-refractivity contribution in [1.29, 1.82) is 0 Å². The number of hydrogen-bond acceptors (Lipinski definition) is 3. The van der Waals surface area contributed by atoms with Gasteiger partial charge in [0.25, 0.3) is 0 Å². The third-order valence-corrected chi connectivity index (χ3v) is 2.07. The number of methoxy groups -OCH3 is 1. The summed E-state index contributed by atoms with van der Waals surface area (Å²) < 4.78 is 5.86. The summed E-state index contributed by atoms with van der Waals surface area (Å²) in [7, 11) is 1.34. The Labute approximate surface area is 81.1 Å². The summed E-state index contributed by atoms with van der Waals surface area (Å²) in [5.41, 5.74) is 1.86. The Bertz CT molecular complexity index is 488. The van der Waals surface area contributed by atoms with Crippen LogP contribution in [0.1, 0.15) is 5.56 Å². The van der Waals surface area contributed by atoms with Gasteiger partial charge in [-0.15, -0.1) is 0 Å². The van der Waals surface area contributed by atoms with E-state index in [0.29, 0.717) is 0 Å². The van der Waals surface area contributed by atoms with Crippen molar-refractivity contribution in [2.45, 2.75) is 6.92 Å². The van der Waals surface area contributed by atoms with Crippen LogP contribution in [0.5, 0.6) is 0 Å². The topological polar surface area (TPSA) is 44.1 Å². The highest BCUT2D eigenvalue weighted by molar-refractivity contribution is 5.87. The fourth-order valence-corrected chi connectivity index (χ4v) is 1.36. The molecule has 0 radical (unpaired) electrons. The summed E-state index contributed by atoms with van der Waals surface area (Å²) in [5.74, 6) is 0. The fraction of sp³-hybridized carbons (Fsp3) is 0.200. The molecule has 1 aromatic carbocycles. The molecule has 4 heteroatoms. The molecule has 14 heavy (non-hydrogen) atoms. The second kappa shape index (κ2) is 3.14. The number of fused-ring (bicyclic) bond motifs is 1. The molecule has 0 aliphatic rings. The van der Waals surface area contributed by atoms with Crippen LogP contribution >= 0.6 is 0 Å². The minimum absolute atomic E-state index is 0.467. The fourth-order valence-electron chi connectivity index (χ4n) is 1.36. The normalized spacial score (nSPS) is 10.4. The molecule has 0 spiro atoms. The molecule has 0 bridgehead atoms. The van der Waals surface area contributed by atoms with Gasteiger partial charge in [-0.25, -0.2) is 4.79 Å². The zero-order valence-electron chi connectivity index (χ0n) is 8.02. The maximum Gasteiger partial charge on any atom is 0.434 e. The molecule has 2 aromatic rings. The molecule has 0 fully saturated rings. The highest BCUT2D eigenvalue weighted by Gasteiger charge is 2.09. The highest BCUT2D eigenvalue weighted by Crippen LogP contribution is 2.15. The van der Waals surface area contributed by atoms with E-state index in [1.807, 2.05) is 25.1 Å². The molecule has 2 rings (SSSR count). The smallest absolute Gasteiger partial charge is 0.434 e. The van der Waals surface area contributed by atoms with Crippen LogP contribution in [0.4, 0.5) is 4.79 Å². The van der Waals surface area contributed by atoms with Gasteiger partial charge >= 0.3 is 6.09 Å². The number of hydrogen-bond donors (Lipinski definition) is 0. The SMILES string of the molecule is COC(=O)n1ncc2ccc(C)cc21. The summed E-state index contributed by atoms with van der Waals surface area (Å²) >= 11 is 0. The first kappa shape index (κ1) is 8.74. The van der Waals surface area contributed by atoms with E-state index >= 15 is 0 Å². The van der Waals surface area contributed by atoms with Gasteiger partial charge in [-0.2, -0.15) is 9.78 Å². The minimum atomic E-state index is -0.467. The molecule has 1 heterocycles. The van der Waals surface area contributed by atoms with E-state index in [4.69, 9.17) is 0 Å². The lowest BCUT2D eigenvalue weighted by Crippen LogP contribution is -2.12. The number of benzene rings is 1. The number of aryl methyl sites for hydroxylation is 1. The van der Waals surface area contributed by atoms with Crippen LogP contribution in [0.3, 0.4) is 0 Å². The van der Waals surface area contributed by atoms with Crippen molar-refractivity contribution < 1.29 is 9.53 Å². The molecule has 0 amide bonds. The Kier molecular flexibility index (Phi) is 1.96. The molecule has 0 N–H and O–H groups in total. The molecular weight excluding hydrogens is 180 g/mol. The van der Waals surface area contributed by atoms with E-state index in [1.54, 1.807) is 6.20 Å². The van der Waals surface area contributed by atoms with Crippen molar-refractivity contribution >= 4 is 17.0 Å². The van der Waals surface area contributed by atoms with E-state index in [-0.39, 0.29) is 0 Å². The summed E-state index contributed by atoms with van der Waals surface area (Å²) in [6, 6.07) is 5.81. The van der Waals surface area contributed by atoms with Gasteiger partial charge in [0.05, 0.1) is 18.8 Å². The van der Waals surface area contributed by atoms with Crippen LogP contribution in [0, 0.1) is 6.92 Å². The van der Waals surface area contributed by atoms with E-state index in [1.165, 1.54) is 11.8 Å². The summed E-state index contributed by atoms with van der Waals surface area (Å²) in [5, 5.41) is 4.88. The summed E-state index contributed by atoms with van der Waals surface area (Å²) in [6.45, 7) is 1.97. The Morgan fingerprint density at radius 1 is 1.50 bits per heavy atom. The molecule has 0 saturated carbocycles. The van der Waals surface area contributed by atoms with Gasteiger partial charge in [0.15, 0.2) is 0 Å². The standard InChI is InChI=1S/C10H10N2O2/c1-7-3-4-8-6-11-12(9(8)5-7)10(13)14-2/h3-6H,1-2H3. The molecule has 0 aliphatic carbocycles. The lowest BCUT2D eigenvalue weighted by molar-refractivity contribution is 0.170. The number of nitrogens with zero attached hydrogens (tertiary/aromatic N) is 2. The Morgan fingerprint density at radius 3 is 3.00 bits per heavy atom. The van der Waals surface area contributed by atoms with Gasteiger partial charge in [0, 0.05) is 5.39 Å². The van der Waals surface area contributed by atoms with Gasteiger partial charge in [-0.3, -0.25) is 0 Å². The van der Waals surface area contributed by atoms with Crippen LogP contribution in [-0.2, 0) is 4.74 Å². The van der Waals surface area contributed by atoms with Crippen molar-refractivity contribution in [3.8, 4) is 0 Å². The van der Waals surface area contributed by atoms with Crippen LogP contribution in [0.25, 0.3) is 10.9 Å². The lowest BCUT2D eigenvalue weighted by atomic mass is 10.2. The largest absolute Gasteiger partial charge is 0.451 e. The second-order valence-corrected chi connectivity index (χ2v) is 3.09. The molecule has 0 atom stereocenters. The van der Waals surface area contributed by atoms with Crippen molar-refractivity contribution in [2.24, 2.45) is 0 Å². The predicted molar refractivity (Wildman–Crippen MR) is 52.3 cm³/mol. The van der Waals surface area contributed by atoms with Crippen molar-refractivity contribution in [2.75, 3.05) is 7.11 Å². The zero-order valence-corrected chi connectivity index (χ0v) is 8.02. The summed E-state index contributed by atoms with van der Waals surface area (Å²) in [4.78, 5) is 11.3. The predicted octanol–water partition coefficient (Wildman–Crippen LogP) is 1.96. The number of ether oxygens (including phenoxy) is 1. The molecule has 0 unspecified atom stereocenters. The maximum absolute atomic E-state index is 11.3. The monoisotopic (exact) mass is 190 g/mol. The summed E-state index contributed by atoms with van der Waals surface area (Å²) in [6.07, 6.45) is 1.18. The van der Waals surface area contributed by atoms with E-state index in [9.17, 15) is 4.79 Å². The first-order valence-electron chi connectivity index (χ1n) is 4.25. The van der Waals surface area contributed by atoms with E-state index in [2.05, 4.69) is 9.84 Å². The van der Waals surface area contributed by atoms with Crippen LogP contribution in [0.2, 0.25) is 0 Å². The van der Waals surface area contributed by atoms with Crippen LogP contribution in [0.15, 0.2) is 24.4 Å². The number of rotatable bonds is 0. The second-order valence-electron chi connectivity index (χ2n) is 3.09. The molecule has 0 aliphatic heterocycles. The first-order valence-corrected chi connectivity index (χ1v) is 4.25. The van der Waals surface area contributed by atoms with Crippen LogP contribution < -0.4 is 0 Å². The van der Waals surface area contributed by atoms with E-state index < -0.39 is 6.09 Å². The van der Waals surface area contributed by atoms with Gasteiger partial charge in [0.2, 0.25) is 0 Å². The molecular formula is C10H10N2O2. The minimum Gasteiger partial charge on any atom is -0.451 e. The Morgan fingerprint density at radius 2 is 2.29 bits per heavy atom. The third-order valence-electron chi connectivity index (χ3n) is 2.07. The average Bonchev–Trinajstić information content (AvgIpc) is 2.59. The van der Waals surface area contributed by atoms with Gasteiger partial charge in [-0.1, -0.05) is 12.1 Å². The zero-order chi connectivity index (χ0) is 10.1. The Hall–Kier alpha value is -1.84. The van der Waals surface area contributed by atoms with Gasteiger partial charge in [0.1, 0.15) is 0 Å². The lowest BCUT2D eigenvalue weighted by Gasteiger charge is -2.00. The van der Waals surface area contributed by atoms with Crippen molar-refractivity contribution in [3.63, 3.8) is 0 Å². The van der Waals surface area contributed by atoms with E-state index in [0.717, 1.165) is 16.5 Å². The third kappa shape index (κ3) is 1.25. The number of carbonyl (C=O) groups excluding carboxylic acids is 1.